The fourth-order valence-corrected chi connectivity index (χ4v) is 2.18. The van der Waals surface area contributed by atoms with Gasteiger partial charge in [-0.2, -0.15) is 13.2 Å². The summed E-state index contributed by atoms with van der Waals surface area (Å²) < 4.78 is 51.3. The van der Waals surface area contributed by atoms with Crippen LogP contribution < -0.4 is 10.6 Å². The van der Waals surface area contributed by atoms with E-state index in [9.17, 15) is 22.8 Å². The first-order chi connectivity index (χ1) is 12.2. The monoisotopic (exact) mass is 370 g/mol. The van der Waals surface area contributed by atoms with Gasteiger partial charge in [0.05, 0.1) is 12.9 Å². The van der Waals surface area contributed by atoms with Crippen LogP contribution in [0.15, 0.2) is 47.1 Å². The number of benzene rings is 1. The predicted molar refractivity (Wildman–Crippen MR) is 86.4 cm³/mol. The molecule has 0 bridgehead atoms. The first kappa shape index (κ1) is 19.4. The molecule has 0 spiro atoms. The third-order valence-electron chi connectivity index (χ3n) is 3.52. The van der Waals surface area contributed by atoms with E-state index in [1.807, 2.05) is 0 Å². The lowest BCUT2D eigenvalue weighted by Gasteiger charge is -2.35. The SMILES string of the molecule is CCOC(=O)C(NC(=O)c1ccco1)(Nc1ccccc1C)C(F)(F)F. The van der Waals surface area contributed by atoms with E-state index in [4.69, 9.17) is 4.42 Å². The Morgan fingerprint density at radius 1 is 1.15 bits per heavy atom. The number of para-hydroxylation sites is 1. The molecule has 1 aromatic heterocycles. The molecule has 1 atom stereocenters. The summed E-state index contributed by atoms with van der Waals surface area (Å²) in [5, 5.41) is 3.79. The molecule has 6 nitrogen and oxygen atoms in total. The largest absolute Gasteiger partial charge is 0.463 e. The van der Waals surface area contributed by atoms with Crippen molar-refractivity contribution in [1.82, 2.24) is 5.32 Å². The van der Waals surface area contributed by atoms with Gasteiger partial charge in [-0.25, -0.2) is 4.79 Å². The normalized spacial score (nSPS) is 13.6. The summed E-state index contributed by atoms with van der Waals surface area (Å²) in [5.74, 6) is -3.29. The molecule has 0 radical (unpaired) electrons. The summed E-state index contributed by atoms with van der Waals surface area (Å²) >= 11 is 0. The number of furan rings is 1. The maximum Gasteiger partial charge on any atom is 0.441 e. The highest BCUT2D eigenvalue weighted by molar-refractivity contribution is 5.97. The Morgan fingerprint density at radius 3 is 2.38 bits per heavy atom. The number of hydrogen-bond donors (Lipinski definition) is 2. The number of hydrogen-bond acceptors (Lipinski definition) is 5. The summed E-state index contributed by atoms with van der Waals surface area (Å²) in [4.78, 5) is 24.5. The van der Waals surface area contributed by atoms with Crippen LogP contribution in [0.3, 0.4) is 0 Å². The molecule has 0 aliphatic rings. The van der Waals surface area contributed by atoms with Gasteiger partial charge in [0.1, 0.15) is 0 Å². The van der Waals surface area contributed by atoms with Crippen LogP contribution in [0.5, 0.6) is 0 Å². The van der Waals surface area contributed by atoms with E-state index in [2.05, 4.69) is 10.1 Å². The quantitative estimate of drug-likeness (QED) is 0.603. The maximum atomic E-state index is 14.0. The van der Waals surface area contributed by atoms with E-state index in [1.54, 1.807) is 24.4 Å². The van der Waals surface area contributed by atoms with Gasteiger partial charge in [-0.1, -0.05) is 18.2 Å². The fraction of sp³-hybridized carbons (Fsp3) is 0.294. The lowest BCUT2D eigenvalue weighted by molar-refractivity contribution is -0.204. The number of carbonyl (C=O) groups excluding carboxylic acids is 2. The zero-order valence-corrected chi connectivity index (χ0v) is 14.0. The van der Waals surface area contributed by atoms with Crippen LogP contribution in [-0.2, 0) is 9.53 Å². The van der Waals surface area contributed by atoms with E-state index in [0.717, 1.165) is 6.26 Å². The second kappa shape index (κ2) is 7.51. The van der Waals surface area contributed by atoms with Crippen LogP contribution in [0.25, 0.3) is 0 Å². The summed E-state index contributed by atoms with van der Waals surface area (Å²) in [6.45, 7) is 2.62. The van der Waals surface area contributed by atoms with Crippen molar-refractivity contribution in [3.63, 3.8) is 0 Å². The van der Waals surface area contributed by atoms with Crippen LogP contribution in [-0.4, -0.2) is 30.3 Å². The van der Waals surface area contributed by atoms with Crippen molar-refractivity contribution in [2.75, 3.05) is 11.9 Å². The van der Waals surface area contributed by atoms with Crippen molar-refractivity contribution in [2.24, 2.45) is 0 Å². The molecule has 2 N–H and O–H groups in total. The number of alkyl halides is 3. The molecule has 1 aromatic carbocycles. The maximum absolute atomic E-state index is 14.0. The molecule has 9 heteroatoms. The van der Waals surface area contributed by atoms with Crippen LogP contribution in [0.4, 0.5) is 18.9 Å². The molecule has 140 valence electrons. The molecule has 1 unspecified atom stereocenters. The highest BCUT2D eigenvalue weighted by Crippen LogP contribution is 2.34. The number of nitrogens with one attached hydrogen (secondary N) is 2. The van der Waals surface area contributed by atoms with Gasteiger partial charge in [-0.15, -0.1) is 0 Å². The summed E-state index contributed by atoms with van der Waals surface area (Å²) in [6, 6.07) is 8.55. The van der Waals surface area contributed by atoms with E-state index in [1.165, 1.54) is 31.2 Å². The Labute approximate surface area is 147 Å². The molecule has 2 rings (SSSR count). The number of aryl methyl sites for hydroxylation is 1. The number of halogens is 3. The van der Waals surface area contributed by atoms with Gasteiger partial charge in [0, 0.05) is 5.69 Å². The number of anilines is 1. The lowest BCUT2D eigenvalue weighted by atomic mass is 10.1. The van der Waals surface area contributed by atoms with Gasteiger partial charge >= 0.3 is 17.8 Å². The van der Waals surface area contributed by atoms with Gasteiger partial charge in [0.25, 0.3) is 5.91 Å². The lowest BCUT2D eigenvalue weighted by Crippen LogP contribution is -2.69. The summed E-state index contributed by atoms with van der Waals surface area (Å²) in [6.07, 6.45) is -4.08. The molecule has 0 saturated carbocycles. The van der Waals surface area contributed by atoms with Crippen LogP contribution in [0.2, 0.25) is 0 Å². The van der Waals surface area contributed by atoms with Gasteiger partial charge in [0.2, 0.25) is 0 Å². The third-order valence-corrected chi connectivity index (χ3v) is 3.52. The Bertz CT molecular complexity index is 775. The van der Waals surface area contributed by atoms with Crippen molar-refractivity contribution in [3.05, 3.63) is 54.0 Å². The molecule has 1 amide bonds. The van der Waals surface area contributed by atoms with Crippen molar-refractivity contribution in [2.45, 2.75) is 25.7 Å². The van der Waals surface area contributed by atoms with E-state index in [0.29, 0.717) is 5.56 Å². The van der Waals surface area contributed by atoms with E-state index >= 15 is 0 Å². The van der Waals surface area contributed by atoms with Crippen molar-refractivity contribution < 1.29 is 31.9 Å². The van der Waals surface area contributed by atoms with Crippen LogP contribution >= 0.6 is 0 Å². The van der Waals surface area contributed by atoms with Gasteiger partial charge in [-0.3, -0.25) is 4.79 Å². The van der Waals surface area contributed by atoms with Gasteiger partial charge in [0.15, 0.2) is 5.76 Å². The minimum absolute atomic E-state index is 0.0117. The number of ether oxygens (including phenoxy) is 1. The molecule has 2 aromatic rings. The van der Waals surface area contributed by atoms with E-state index < -0.39 is 23.7 Å². The first-order valence-corrected chi connectivity index (χ1v) is 7.65. The Kier molecular flexibility index (Phi) is 5.59. The number of carbonyl (C=O) groups is 2. The number of esters is 1. The molecule has 26 heavy (non-hydrogen) atoms. The molecule has 1 heterocycles. The molecule has 0 fully saturated rings. The second-order valence-electron chi connectivity index (χ2n) is 5.34. The van der Waals surface area contributed by atoms with Crippen LogP contribution in [0, 0.1) is 6.92 Å². The number of rotatable bonds is 6. The molecular formula is C17H17F3N2O4. The highest BCUT2D eigenvalue weighted by Gasteiger charge is 2.64. The standard InChI is InChI=1S/C17H17F3N2O4/c1-3-25-15(24)16(17(18,19)20,21-12-8-5-4-7-11(12)2)22-14(23)13-9-6-10-26-13/h4-10,21H,3H2,1-2H3,(H,22,23). The number of amides is 1. The topological polar surface area (TPSA) is 80.6 Å². The minimum Gasteiger partial charge on any atom is -0.463 e. The van der Waals surface area contributed by atoms with Crippen molar-refractivity contribution >= 4 is 17.6 Å². The smallest absolute Gasteiger partial charge is 0.441 e. The average Bonchev–Trinajstić information content (AvgIpc) is 3.09. The first-order valence-electron chi connectivity index (χ1n) is 7.65. The van der Waals surface area contributed by atoms with Gasteiger partial charge < -0.3 is 19.8 Å². The van der Waals surface area contributed by atoms with Crippen molar-refractivity contribution in [3.8, 4) is 0 Å². The zero-order valence-electron chi connectivity index (χ0n) is 14.0. The minimum atomic E-state index is -5.20. The summed E-state index contributed by atoms with van der Waals surface area (Å²) in [5.41, 5.74) is -3.03. The zero-order chi connectivity index (χ0) is 19.4. The molecule has 0 aliphatic heterocycles. The fourth-order valence-electron chi connectivity index (χ4n) is 2.18. The average molecular weight is 370 g/mol. The Balaban J connectivity index is 2.51. The Hall–Kier alpha value is -2.97. The Morgan fingerprint density at radius 2 is 1.85 bits per heavy atom. The second-order valence-corrected chi connectivity index (χ2v) is 5.34. The third kappa shape index (κ3) is 3.81. The summed E-state index contributed by atoms with van der Waals surface area (Å²) in [7, 11) is 0. The molecule has 0 aliphatic carbocycles. The highest BCUT2D eigenvalue weighted by atomic mass is 19.4. The van der Waals surface area contributed by atoms with Crippen LogP contribution in [0.1, 0.15) is 23.0 Å². The predicted octanol–water partition coefficient (Wildman–Crippen LogP) is 3.25. The molecular weight excluding hydrogens is 353 g/mol. The van der Waals surface area contributed by atoms with Gasteiger partial charge in [-0.05, 0) is 37.6 Å². The molecule has 0 saturated heterocycles. The van der Waals surface area contributed by atoms with E-state index in [-0.39, 0.29) is 18.1 Å². The van der Waals surface area contributed by atoms with Crippen molar-refractivity contribution in [1.29, 1.82) is 0 Å².